The molecule has 47 heavy (non-hydrogen) atoms. The first-order chi connectivity index (χ1) is 22.7. The lowest BCUT2D eigenvalue weighted by molar-refractivity contribution is 0.0719. The van der Waals surface area contributed by atoms with Crippen LogP contribution in [0.4, 0.5) is 28.4 Å². The quantitative estimate of drug-likeness (QED) is 0.247. The highest BCUT2D eigenvalue weighted by Gasteiger charge is 2.35. The largest absolute Gasteiger partial charge is 0.489 e. The number of thiophene rings is 1. The van der Waals surface area contributed by atoms with Gasteiger partial charge in [-0.2, -0.15) is 15.2 Å². The number of fused-ring (bicyclic) bond motifs is 2. The van der Waals surface area contributed by atoms with Gasteiger partial charge in [-0.05, 0) is 57.5 Å². The van der Waals surface area contributed by atoms with E-state index in [2.05, 4.69) is 9.88 Å². The number of hydrogen-bond donors (Lipinski definition) is 1. The molecular formula is C32H32ClF4N7O2S. The Balaban J connectivity index is 1.46. The van der Waals surface area contributed by atoms with Gasteiger partial charge in [0.05, 0.1) is 33.8 Å². The highest BCUT2D eigenvalue weighted by atomic mass is 35.5. The number of halogens is 5. The average Bonchev–Trinajstić information content (AvgIpc) is 3.56. The van der Waals surface area contributed by atoms with E-state index < -0.39 is 18.1 Å². The lowest BCUT2D eigenvalue weighted by Gasteiger charge is -2.32. The molecule has 0 radical (unpaired) electrons. The molecule has 2 aromatic carbocycles. The number of ether oxygens (including phenoxy) is 2. The molecule has 0 saturated carbocycles. The molecule has 0 amide bonds. The maximum atomic E-state index is 17.1. The van der Waals surface area contributed by atoms with Crippen LogP contribution in [0.15, 0.2) is 12.1 Å². The van der Waals surface area contributed by atoms with Gasteiger partial charge in [0.15, 0.2) is 11.6 Å². The van der Waals surface area contributed by atoms with E-state index in [-0.39, 0.29) is 84.8 Å². The monoisotopic (exact) mass is 689 g/mol. The number of nitriles is 1. The summed E-state index contributed by atoms with van der Waals surface area (Å²) < 4.78 is 72.0. The molecule has 2 bridgehead atoms. The third-order valence-electron chi connectivity index (χ3n) is 9.36. The summed E-state index contributed by atoms with van der Waals surface area (Å²) in [6, 6.07) is 4.59. The number of likely N-dealkylation sites (N-methyl/N-ethyl adjacent to an activating group) is 1. The summed E-state index contributed by atoms with van der Waals surface area (Å²) in [6.07, 6.45) is 0.194. The van der Waals surface area contributed by atoms with Crippen molar-refractivity contribution < 1.29 is 27.0 Å². The Kier molecular flexibility index (Phi) is 8.67. The van der Waals surface area contributed by atoms with Crippen molar-refractivity contribution in [3.8, 4) is 29.0 Å². The normalized spacial score (nSPS) is 21.0. The molecule has 3 aliphatic heterocycles. The molecule has 2 N–H and O–H groups in total. The summed E-state index contributed by atoms with van der Waals surface area (Å²) in [5.41, 5.74) is 6.03. The fourth-order valence-corrected chi connectivity index (χ4v) is 8.40. The number of nitrogens with two attached hydrogens (primary N) is 1. The number of nitrogen functional groups attached to an aromatic ring is 1. The van der Waals surface area contributed by atoms with Gasteiger partial charge in [-0.3, -0.25) is 9.80 Å². The summed E-state index contributed by atoms with van der Waals surface area (Å²) in [5.74, 6) is -0.974. The Morgan fingerprint density at radius 3 is 2.66 bits per heavy atom. The van der Waals surface area contributed by atoms with E-state index in [4.69, 9.17) is 31.8 Å². The Morgan fingerprint density at radius 2 is 1.91 bits per heavy atom. The second-order valence-electron chi connectivity index (χ2n) is 12.2. The van der Waals surface area contributed by atoms with Crippen molar-refractivity contribution in [2.24, 2.45) is 0 Å². The summed E-state index contributed by atoms with van der Waals surface area (Å²) in [4.78, 5) is 15.2. The van der Waals surface area contributed by atoms with E-state index in [0.29, 0.717) is 44.8 Å². The van der Waals surface area contributed by atoms with Gasteiger partial charge in [-0.1, -0.05) is 17.7 Å². The average molecular weight is 690 g/mol. The first kappa shape index (κ1) is 31.9. The minimum Gasteiger partial charge on any atom is -0.489 e. The van der Waals surface area contributed by atoms with Crippen LogP contribution in [0, 0.1) is 23.0 Å². The van der Waals surface area contributed by atoms with E-state index in [0.717, 1.165) is 30.7 Å². The van der Waals surface area contributed by atoms with Crippen LogP contribution in [0.1, 0.15) is 31.2 Å². The summed E-state index contributed by atoms with van der Waals surface area (Å²) in [6.45, 7) is 2.08. The minimum absolute atomic E-state index is 0.0189. The fourth-order valence-electron chi connectivity index (χ4n) is 7.12. The van der Waals surface area contributed by atoms with Gasteiger partial charge < -0.3 is 20.1 Å². The molecule has 0 aliphatic carbocycles. The van der Waals surface area contributed by atoms with Crippen LogP contribution in [0.5, 0.6) is 11.8 Å². The van der Waals surface area contributed by atoms with E-state index >= 15 is 4.39 Å². The van der Waals surface area contributed by atoms with Crippen LogP contribution in [0.3, 0.4) is 0 Å². The predicted molar refractivity (Wildman–Crippen MR) is 174 cm³/mol. The van der Waals surface area contributed by atoms with E-state index in [1.54, 1.807) is 4.90 Å². The molecule has 9 nitrogen and oxygen atoms in total. The number of anilines is 2. The van der Waals surface area contributed by atoms with Crippen molar-refractivity contribution in [3.63, 3.8) is 0 Å². The van der Waals surface area contributed by atoms with Crippen LogP contribution >= 0.6 is 22.9 Å². The molecule has 4 aromatic rings. The van der Waals surface area contributed by atoms with Crippen LogP contribution in [-0.4, -0.2) is 91.3 Å². The van der Waals surface area contributed by atoms with Crippen molar-refractivity contribution in [2.75, 3.05) is 63.6 Å². The summed E-state index contributed by atoms with van der Waals surface area (Å²) >= 11 is 7.87. The number of rotatable bonds is 4. The number of benzene rings is 2. The molecule has 1 unspecified atom stereocenters. The van der Waals surface area contributed by atoms with Gasteiger partial charge in [-0.25, -0.2) is 17.6 Å². The zero-order chi connectivity index (χ0) is 33.0. The fraction of sp³-hybridized carbons (Fsp3) is 0.469. The standard InChI is InChI=1S/C32H32ClF4N7O2S/c1-42-8-2-4-19(42)20-5-3-9-43(15-21(35)36)10-11-44-12-13-45-28-24-27(40-32(46-20)41-31(24)44)26(37)23(25(28)33)16-6-7-18(34)29-22(16)17(14-38)30(39)47-29/h6-7,19-21H,2-5,8-13,15,39H2,1H3/t19-,20?/m0/s1. The lowest BCUT2D eigenvalue weighted by Crippen LogP contribution is -2.43. The second-order valence-corrected chi connectivity index (χ2v) is 13.6. The Labute approximate surface area is 277 Å². The number of aromatic nitrogens is 2. The van der Waals surface area contributed by atoms with Gasteiger partial charge in [0.25, 0.3) is 6.43 Å². The Morgan fingerprint density at radius 1 is 1.11 bits per heavy atom. The highest BCUT2D eigenvalue weighted by Crippen LogP contribution is 2.50. The van der Waals surface area contributed by atoms with E-state index in [1.165, 1.54) is 12.1 Å². The van der Waals surface area contributed by atoms with Crippen molar-refractivity contribution >= 4 is 54.7 Å². The van der Waals surface area contributed by atoms with Gasteiger partial charge >= 0.3 is 6.01 Å². The molecular weight excluding hydrogens is 658 g/mol. The van der Waals surface area contributed by atoms with Crippen molar-refractivity contribution in [3.05, 3.63) is 34.4 Å². The molecule has 2 atom stereocenters. The SMILES string of the molecule is CN1CCC[C@H]1C1CCCN(CC(F)F)CCN2CCOc3c(Cl)c(-c4ccc(F)c5sc(N)c(C#N)c45)c(F)c4nc(nc2c34)O1. The molecule has 2 aromatic heterocycles. The zero-order valence-corrected chi connectivity index (χ0v) is 27.1. The first-order valence-electron chi connectivity index (χ1n) is 15.5. The minimum atomic E-state index is -2.49. The van der Waals surface area contributed by atoms with Gasteiger partial charge in [0.2, 0.25) is 0 Å². The maximum absolute atomic E-state index is 17.1. The molecule has 0 spiro atoms. The Bertz CT molecular complexity index is 1900. The lowest BCUT2D eigenvalue weighted by atomic mass is 9.96. The van der Waals surface area contributed by atoms with Crippen LogP contribution < -0.4 is 20.1 Å². The molecule has 1 fully saturated rings. The first-order valence-corrected chi connectivity index (χ1v) is 16.7. The van der Waals surface area contributed by atoms with Gasteiger partial charge in [0.1, 0.15) is 40.9 Å². The van der Waals surface area contributed by atoms with E-state index in [1.807, 2.05) is 18.0 Å². The topological polar surface area (TPSA) is 104 Å². The maximum Gasteiger partial charge on any atom is 0.319 e. The molecule has 15 heteroatoms. The molecule has 1 saturated heterocycles. The Hall–Kier alpha value is -3.64. The highest BCUT2D eigenvalue weighted by molar-refractivity contribution is 7.23. The molecule has 3 aliphatic rings. The van der Waals surface area contributed by atoms with Crippen molar-refractivity contribution in [1.29, 1.82) is 5.26 Å². The number of alkyl halides is 2. The number of nitrogens with zero attached hydrogens (tertiary/aromatic N) is 6. The number of hydrogen-bond acceptors (Lipinski definition) is 10. The second kappa shape index (κ2) is 12.8. The zero-order valence-electron chi connectivity index (χ0n) is 25.5. The van der Waals surface area contributed by atoms with Crippen LogP contribution in [0.2, 0.25) is 5.02 Å². The summed E-state index contributed by atoms with van der Waals surface area (Å²) in [7, 11) is 2.02. The van der Waals surface area contributed by atoms with Crippen LogP contribution in [-0.2, 0) is 0 Å². The molecule has 7 rings (SSSR count). The van der Waals surface area contributed by atoms with Gasteiger partial charge in [0, 0.05) is 30.1 Å². The van der Waals surface area contributed by atoms with Crippen molar-refractivity contribution in [2.45, 2.75) is 44.3 Å². The van der Waals surface area contributed by atoms with E-state index in [9.17, 15) is 18.4 Å². The van der Waals surface area contributed by atoms with Crippen molar-refractivity contribution in [1.82, 2.24) is 19.8 Å². The third kappa shape index (κ3) is 5.67. The van der Waals surface area contributed by atoms with Crippen LogP contribution in [0.25, 0.3) is 32.1 Å². The molecule has 5 heterocycles. The smallest absolute Gasteiger partial charge is 0.319 e. The molecule has 248 valence electrons. The van der Waals surface area contributed by atoms with Gasteiger partial charge in [-0.15, -0.1) is 11.3 Å². The third-order valence-corrected chi connectivity index (χ3v) is 10.7. The number of likely N-dealkylation sites (tertiary alicyclic amines) is 1. The predicted octanol–water partition coefficient (Wildman–Crippen LogP) is 6.30. The summed E-state index contributed by atoms with van der Waals surface area (Å²) in [5, 5.41) is 10.3.